The highest BCUT2D eigenvalue weighted by Gasteiger charge is 2.26. The van der Waals surface area contributed by atoms with Crippen LogP contribution < -0.4 is 9.47 Å². The van der Waals surface area contributed by atoms with Crippen LogP contribution in [0.5, 0.6) is 11.5 Å². The summed E-state index contributed by atoms with van der Waals surface area (Å²) in [6, 6.07) is 8.71. The standard InChI is InChI=1S/C20H29N3O2/c1-3-4-14-25-20-17(8-5-10-19(20)24-2)15-22-12-6-9-18(22)16-23-13-7-11-21-23/h5,7-8,10-11,13,18H,3-4,6,9,12,14-16H2,1-2H3/t18-/m0/s1. The van der Waals surface area contributed by atoms with Crippen LogP contribution in [-0.2, 0) is 13.1 Å². The first kappa shape index (κ1) is 17.8. The van der Waals surface area contributed by atoms with E-state index >= 15 is 0 Å². The van der Waals surface area contributed by atoms with Gasteiger partial charge in [-0.1, -0.05) is 25.5 Å². The molecule has 25 heavy (non-hydrogen) atoms. The molecule has 0 unspecified atom stereocenters. The molecule has 0 aliphatic carbocycles. The number of hydrogen-bond donors (Lipinski definition) is 0. The van der Waals surface area contributed by atoms with Gasteiger partial charge in [0.25, 0.3) is 0 Å². The van der Waals surface area contributed by atoms with Gasteiger partial charge >= 0.3 is 0 Å². The Balaban J connectivity index is 1.72. The number of hydrogen-bond acceptors (Lipinski definition) is 4. The maximum absolute atomic E-state index is 6.08. The van der Waals surface area contributed by atoms with Crippen LogP contribution in [0.15, 0.2) is 36.7 Å². The number of aromatic nitrogens is 2. The highest BCUT2D eigenvalue weighted by Crippen LogP contribution is 2.33. The molecule has 3 rings (SSSR count). The second-order valence-corrected chi connectivity index (χ2v) is 6.65. The lowest BCUT2D eigenvalue weighted by atomic mass is 10.1. The van der Waals surface area contributed by atoms with E-state index in [0.29, 0.717) is 6.04 Å². The highest BCUT2D eigenvalue weighted by molar-refractivity contribution is 5.46. The van der Waals surface area contributed by atoms with Crippen LogP contribution in [-0.4, -0.2) is 41.0 Å². The van der Waals surface area contributed by atoms with Gasteiger partial charge in [0.05, 0.1) is 20.3 Å². The molecule has 1 aromatic heterocycles. The zero-order valence-electron chi connectivity index (χ0n) is 15.4. The van der Waals surface area contributed by atoms with Crippen molar-refractivity contribution in [1.82, 2.24) is 14.7 Å². The van der Waals surface area contributed by atoms with Crippen molar-refractivity contribution < 1.29 is 9.47 Å². The van der Waals surface area contributed by atoms with Gasteiger partial charge in [0.2, 0.25) is 0 Å². The summed E-state index contributed by atoms with van der Waals surface area (Å²) in [5.74, 6) is 1.74. The van der Waals surface area contributed by atoms with E-state index in [4.69, 9.17) is 9.47 Å². The Morgan fingerprint density at radius 2 is 2.20 bits per heavy atom. The summed E-state index contributed by atoms with van der Waals surface area (Å²) in [6.45, 7) is 5.88. The number of benzene rings is 1. The fraction of sp³-hybridized carbons (Fsp3) is 0.550. The average Bonchev–Trinajstić information content (AvgIpc) is 3.29. The van der Waals surface area contributed by atoms with Crippen molar-refractivity contribution >= 4 is 0 Å². The summed E-state index contributed by atoms with van der Waals surface area (Å²) in [5, 5.41) is 4.36. The van der Waals surface area contributed by atoms with Crippen LogP contribution >= 0.6 is 0 Å². The molecule has 0 bridgehead atoms. The normalized spacial score (nSPS) is 17.8. The van der Waals surface area contributed by atoms with Crippen LogP contribution in [0.1, 0.15) is 38.2 Å². The first-order chi connectivity index (χ1) is 12.3. The van der Waals surface area contributed by atoms with Gasteiger partial charge in [-0.05, 0) is 37.9 Å². The lowest BCUT2D eigenvalue weighted by Gasteiger charge is -2.26. The largest absolute Gasteiger partial charge is 0.493 e. The number of rotatable bonds is 9. The third-order valence-electron chi connectivity index (χ3n) is 4.85. The minimum absolute atomic E-state index is 0.523. The van der Waals surface area contributed by atoms with Gasteiger partial charge in [-0.15, -0.1) is 0 Å². The Bertz CT molecular complexity index is 642. The molecule has 1 aliphatic heterocycles. The zero-order valence-corrected chi connectivity index (χ0v) is 15.4. The summed E-state index contributed by atoms with van der Waals surface area (Å²) < 4.78 is 13.7. The van der Waals surface area contributed by atoms with E-state index in [1.165, 1.54) is 18.4 Å². The average molecular weight is 343 g/mol. The quantitative estimate of drug-likeness (QED) is 0.650. The van der Waals surface area contributed by atoms with E-state index < -0.39 is 0 Å². The van der Waals surface area contributed by atoms with E-state index in [1.807, 2.05) is 29.2 Å². The molecule has 1 aliphatic rings. The van der Waals surface area contributed by atoms with Crippen LogP contribution in [0.3, 0.4) is 0 Å². The van der Waals surface area contributed by atoms with E-state index in [9.17, 15) is 0 Å². The summed E-state index contributed by atoms with van der Waals surface area (Å²) in [5.41, 5.74) is 1.21. The van der Waals surface area contributed by atoms with Gasteiger partial charge in [-0.2, -0.15) is 5.10 Å². The van der Waals surface area contributed by atoms with Crippen molar-refractivity contribution in [3.8, 4) is 11.5 Å². The lowest BCUT2D eigenvalue weighted by Crippen LogP contribution is -2.32. The molecule has 2 aromatic rings. The second-order valence-electron chi connectivity index (χ2n) is 6.65. The Labute approximate surface area is 150 Å². The van der Waals surface area contributed by atoms with Crippen molar-refractivity contribution in [1.29, 1.82) is 0 Å². The van der Waals surface area contributed by atoms with Crippen LogP contribution in [0.2, 0.25) is 0 Å². The summed E-state index contributed by atoms with van der Waals surface area (Å²) in [7, 11) is 1.71. The summed E-state index contributed by atoms with van der Waals surface area (Å²) in [4.78, 5) is 2.54. The molecule has 0 radical (unpaired) electrons. The molecule has 136 valence electrons. The van der Waals surface area contributed by atoms with E-state index in [0.717, 1.165) is 50.6 Å². The summed E-state index contributed by atoms with van der Waals surface area (Å²) in [6.07, 6.45) is 8.53. The smallest absolute Gasteiger partial charge is 0.165 e. The fourth-order valence-electron chi connectivity index (χ4n) is 3.48. The molecule has 1 atom stereocenters. The lowest BCUT2D eigenvalue weighted by molar-refractivity contribution is 0.212. The van der Waals surface area contributed by atoms with Crippen LogP contribution in [0, 0.1) is 0 Å². The molecule has 5 nitrogen and oxygen atoms in total. The molecule has 1 saturated heterocycles. The molecule has 1 aromatic carbocycles. The van der Waals surface area contributed by atoms with E-state index in [2.05, 4.69) is 29.1 Å². The molecular weight excluding hydrogens is 314 g/mol. The van der Waals surface area contributed by atoms with Gasteiger partial charge in [-0.3, -0.25) is 9.58 Å². The minimum Gasteiger partial charge on any atom is -0.493 e. The molecule has 5 heteroatoms. The van der Waals surface area contributed by atoms with Crippen molar-refractivity contribution in [2.24, 2.45) is 0 Å². The van der Waals surface area contributed by atoms with Gasteiger partial charge < -0.3 is 9.47 Å². The molecule has 2 heterocycles. The second kappa shape index (κ2) is 8.90. The Hall–Kier alpha value is -2.01. The number of para-hydroxylation sites is 1. The maximum Gasteiger partial charge on any atom is 0.165 e. The third-order valence-corrected chi connectivity index (χ3v) is 4.85. The molecule has 1 fully saturated rings. The fourth-order valence-corrected chi connectivity index (χ4v) is 3.48. The topological polar surface area (TPSA) is 39.5 Å². The Morgan fingerprint density at radius 1 is 1.28 bits per heavy atom. The monoisotopic (exact) mass is 343 g/mol. The predicted molar refractivity (Wildman–Crippen MR) is 99.1 cm³/mol. The molecule has 0 spiro atoms. The van der Waals surface area contributed by atoms with Crippen LogP contribution in [0.4, 0.5) is 0 Å². The predicted octanol–water partition coefficient (Wildman–Crippen LogP) is 3.74. The molecular formula is C20H29N3O2. The number of likely N-dealkylation sites (tertiary alicyclic amines) is 1. The van der Waals surface area contributed by atoms with Gasteiger partial charge in [0, 0.05) is 30.5 Å². The van der Waals surface area contributed by atoms with Crippen molar-refractivity contribution in [2.45, 2.75) is 51.7 Å². The number of nitrogens with zero attached hydrogens (tertiary/aromatic N) is 3. The highest BCUT2D eigenvalue weighted by atomic mass is 16.5. The van der Waals surface area contributed by atoms with Crippen LogP contribution in [0.25, 0.3) is 0 Å². The first-order valence-electron chi connectivity index (χ1n) is 9.32. The zero-order chi connectivity index (χ0) is 17.5. The number of methoxy groups -OCH3 is 1. The third kappa shape index (κ3) is 4.54. The Kier molecular flexibility index (Phi) is 6.34. The van der Waals surface area contributed by atoms with E-state index in [1.54, 1.807) is 7.11 Å². The minimum atomic E-state index is 0.523. The van der Waals surface area contributed by atoms with Crippen molar-refractivity contribution in [3.05, 3.63) is 42.2 Å². The Morgan fingerprint density at radius 3 is 2.96 bits per heavy atom. The van der Waals surface area contributed by atoms with E-state index in [-0.39, 0.29) is 0 Å². The first-order valence-corrected chi connectivity index (χ1v) is 9.32. The van der Waals surface area contributed by atoms with Crippen molar-refractivity contribution in [3.63, 3.8) is 0 Å². The number of ether oxygens (including phenoxy) is 2. The summed E-state index contributed by atoms with van der Waals surface area (Å²) >= 11 is 0. The maximum atomic E-state index is 6.08. The molecule has 0 N–H and O–H groups in total. The van der Waals surface area contributed by atoms with Gasteiger partial charge in [-0.25, -0.2) is 0 Å². The van der Waals surface area contributed by atoms with Gasteiger partial charge in [0.15, 0.2) is 11.5 Å². The van der Waals surface area contributed by atoms with Crippen molar-refractivity contribution in [2.75, 3.05) is 20.3 Å². The van der Waals surface area contributed by atoms with Gasteiger partial charge in [0.1, 0.15) is 0 Å². The SMILES string of the molecule is CCCCOc1c(CN2CCC[C@H]2Cn2cccn2)cccc1OC. The molecule has 0 amide bonds. The number of unbranched alkanes of at least 4 members (excludes halogenated alkanes) is 1. The molecule has 0 saturated carbocycles.